The van der Waals surface area contributed by atoms with E-state index in [9.17, 15) is 18.0 Å². The van der Waals surface area contributed by atoms with Gasteiger partial charge in [0, 0.05) is 18.0 Å². The van der Waals surface area contributed by atoms with Crippen LogP contribution < -0.4 is 5.73 Å². The highest BCUT2D eigenvalue weighted by Crippen LogP contribution is 2.29. The van der Waals surface area contributed by atoms with Crippen LogP contribution in [0.3, 0.4) is 0 Å². The van der Waals surface area contributed by atoms with Crippen molar-refractivity contribution in [1.82, 2.24) is 24.3 Å². The fourth-order valence-corrected chi connectivity index (χ4v) is 3.73. The Bertz CT molecular complexity index is 1490. The van der Waals surface area contributed by atoms with Crippen LogP contribution in [-0.2, 0) is 12.7 Å². The molecule has 0 saturated heterocycles. The van der Waals surface area contributed by atoms with Gasteiger partial charge in [0.25, 0.3) is 5.91 Å². The predicted molar refractivity (Wildman–Crippen MR) is 131 cm³/mol. The van der Waals surface area contributed by atoms with Gasteiger partial charge in [-0.05, 0) is 44.0 Å². The van der Waals surface area contributed by atoms with E-state index in [2.05, 4.69) is 38.2 Å². The third-order valence-corrected chi connectivity index (χ3v) is 5.60. The molecule has 4 rings (SSSR count). The second-order valence-electron chi connectivity index (χ2n) is 7.82. The molecule has 0 aliphatic rings. The molecule has 0 aliphatic carbocycles. The minimum Gasteiger partial charge on any atom is -0.382 e. The molecule has 0 saturated carbocycles. The van der Waals surface area contributed by atoms with E-state index in [-0.39, 0.29) is 18.1 Å². The van der Waals surface area contributed by atoms with Crippen molar-refractivity contribution in [2.45, 2.75) is 25.7 Å². The van der Waals surface area contributed by atoms with Gasteiger partial charge in [-0.1, -0.05) is 6.58 Å². The number of amidine groups is 1. The molecular formula is C24H21F3N8O. The number of anilines is 1. The van der Waals surface area contributed by atoms with Crippen LogP contribution in [0.25, 0.3) is 16.6 Å². The van der Waals surface area contributed by atoms with Crippen molar-refractivity contribution in [3.8, 4) is 0 Å². The minimum absolute atomic E-state index is 0.109. The Morgan fingerprint density at radius 2 is 2.03 bits per heavy atom. The van der Waals surface area contributed by atoms with Crippen molar-refractivity contribution in [2.24, 2.45) is 9.98 Å². The van der Waals surface area contributed by atoms with Gasteiger partial charge in [0.15, 0.2) is 0 Å². The lowest BCUT2D eigenvalue weighted by Crippen LogP contribution is -2.42. The molecule has 2 N–H and O–H groups in total. The van der Waals surface area contributed by atoms with Gasteiger partial charge in [-0.2, -0.15) is 13.2 Å². The zero-order valence-corrected chi connectivity index (χ0v) is 19.1. The first kappa shape index (κ1) is 24.5. The van der Waals surface area contributed by atoms with E-state index in [0.717, 1.165) is 12.3 Å². The van der Waals surface area contributed by atoms with Crippen LogP contribution in [0.2, 0.25) is 0 Å². The first-order valence-electron chi connectivity index (χ1n) is 10.6. The van der Waals surface area contributed by atoms with Crippen molar-refractivity contribution in [2.75, 3.05) is 5.73 Å². The quantitative estimate of drug-likeness (QED) is 0.320. The van der Waals surface area contributed by atoms with Gasteiger partial charge in [0.1, 0.15) is 17.2 Å². The molecule has 1 aromatic carbocycles. The lowest BCUT2D eigenvalue weighted by molar-refractivity contribution is -0.137. The number of nitrogens with two attached hydrogens (primary N) is 1. The summed E-state index contributed by atoms with van der Waals surface area (Å²) in [7, 11) is 0. The van der Waals surface area contributed by atoms with Gasteiger partial charge < -0.3 is 10.6 Å². The smallest absolute Gasteiger partial charge is 0.382 e. The summed E-state index contributed by atoms with van der Waals surface area (Å²) in [5.41, 5.74) is 7.39. The number of hydrogen-bond acceptors (Lipinski definition) is 6. The average molecular weight is 494 g/mol. The zero-order valence-electron chi connectivity index (χ0n) is 19.1. The van der Waals surface area contributed by atoms with Crippen molar-refractivity contribution in [3.05, 3.63) is 78.7 Å². The molecule has 184 valence electrons. The second-order valence-corrected chi connectivity index (χ2v) is 7.82. The number of alkyl halides is 3. The maximum absolute atomic E-state index is 13.7. The topological polar surface area (TPSA) is 114 Å². The number of carbonyl (C=O) groups excluding carboxylic acids is 1. The lowest BCUT2D eigenvalue weighted by Gasteiger charge is -2.29. The van der Waals surface area contributed by atoms with Crippen LogP contribution in [0.5, 0.6) is 0 Å². The summed E-state index contributed by atoms with van der Waals surface area (Å²) in [4.78, 5) is 35.4. The first-order chi connectivity index (χ1) is 17.1. The number of pyridine rings is 1. The molecule has 0 aliphatic heterocycles. The van der Waals surface area contributed by atoms with Crippen LogP contribution in [0, 0.1) is 0 Å². The Morgan fingerprint density at radius 1 is 1.25 bits per heavy atom. The highest BCUT2D eigenvalue weighted by atomic mass is 19.4. The number of amides is 1. The summed E-state index contributed by atoms with van der Waals surface area (Å²) < 4.78 is 40.6. The van der Waals surface area contributed by atoms with Crippen molar-refractivity contribution in [3.63, 3.8) is 0 Å². The van der Waals surface area contributed by atoms with E-state index in [1.807, 2.05) is 0 Å². The maximum atomic E-state index is 13.7. The molecule has 1 amide bonds. The maximum Gasteiger partial charge on any atom is 0.417 e. The third-order valence-electron chi connectivity index (χ3n) is 5.60. The summed E-state index contributed by atoms with van der Waals surface area (Å²) in [5, 5.41) is 0. The van der Waals surface area contributed by atoms with Crippen molar-refractivity contribution in [1.29, 1.82) is 0 Å². The van der Waals surface area contributed by atoms with Gasteiger partial charge in [-0.15, -0.1) is 0 Å². The molecule has 4 aromatic rings. The monoisotopic (exact) mass is 494 g/mol. The Balaban J connectivity index is 1.76. The van der Waals surface area contributed by atoms with Crippen LogP contribution in [-0.4, -0.2) is 48.8 Å². The number of hydrogen-bond donors (Lipinski definition) is 1. The molecule has 0 bridgehead atoms. The Kier molecular flexibility index (Phi) is 6.51. The second kappa shape index (κ2) is 9.56. The first-order valence-corrected chi connectivity index (χ1v) is 10.6. The number of halogens is 3. The van der Waals surface area contributed by atoms with E-state index in [1.54, 1.807) is 42.0 Å². The number of imidazole rings is 1. The largest absolute Gasteiger partial charge is 0.417 e. The fourth-order valence-electron chi connectivity index (χ4n) is 3.73. The predicted octanol–water partition coefficient (Wildman–Crippen LogP) is 4.15. The molecule has 1 atom stereocenters. The molecule has 12 heteroatoms. The van der Waals surface area contributed by atoms with Gasteiger partial charge in [0.05, 0.1) is 47.4 Å². The van der Waals surface area contributed by atoms with Gasteiger partial charge >= 0.3 is 6.18 Å². The number of fused-ring (bicyclic) bond motifs is 3. The standard InChI is InChI=1S/C24H21F3N8O/c1-4-31-22(29-3)14(2)34(12-17-7-6-16(10-32-17)24(25,26)27)23(36)15-5-8-18-19(9-15)35-13-30-11-20(35)21(28)33-18/h4-11,13-14H,1,3,12H2,2H3,(H2,28,33). The van der Waals surface area contributed by atoms with Crippen molar-refractivity contribution >= 4 is 40.8 Å². The lowest BCUT2D eigenvalue weighted by atomic mass is 10.1. The number of rotatable bonds is 6. The molecule has 0 spiro atoms. The van der Waals surface area contributed by atoms with E-state index in [1.165, 1.54) is 17.2 Å². The van der Waals surface area contributed by atoms with E-state index in [4.69, 9.17) is 5.73 Å². The molecular weight excluding hydrogens is 473 g/mol. The summed E-state index contributed by atoms with van der Waals surface area (Å²) in [6.45, 7) is 8.62. The summed E-state index contributed by atoms with van der Waals surface area (Å²) in [5.74, 6) is 0.0686. The number of aromatic nitrogens is 4. The minimum atomic E-state index is -4.52. The number of nitrogen functional groups attached to an aromatic ring is 1. The van der Waals surface area contributed by atoms with Crippen LogP contribution in [0.15, 0.2) is 71.8 Å². The summed E-state index contributed by atoms with van der Waals surface area (Å²) in [6, 6.07) is 6.33. The van der Waals surface area contributed by atoms with E-state index < -0.39 is 23.7 Å². The van der Waals surface area contributed by atoms with Gasteiger partial charge in [-0.25, -0.2) is 20.0 Å². The Morgan fingerprint density at radius 3 is 2.67 bits per heavy atom. The normalized spacial score (nSPS) is 13.1. The Labute approximate surface area is 203 Å². The molecule has 9 nitrogen and oxygen atoms in total. The van der Waals surface area contributed by atoms with Gasteiger partial charge in [0.2, 0.25) is 0 Å². The van der Waals surface area contributed by atoms with Crippen LogP contribution in [0.1, 0.15) is 28.5 Å². The zero-order chi connectivity index (χ0) is 26.0. The number of aliphatic imine (C=N–C) groups is 2. The molecule has 3 heterocycles. The van der Waals surface area contributed by atoms with Crippen LogP contribution >= 0.6 is 0 Å². The van der Waals surface area contributed by atoms with E-state index in [0.29, 0.717) is 27.9 Å². The van der Waals surface area contributed by atoms with E-state index >= 15 is 0 Å². The summed E-state index contributed by atoms with van der Waals surface area (Å²) >= 11 is 0. The van der Waals surface area contributed by atoms with Crippen LogP contribution in [0.4, 0.5) is 19.0 Å². The highest BCUT2D eigenvalue weighted by Gasteiger charge is 2.31. The highest BCUT2D eigenvalue weighted by molar-refractivity contribution is 6.01. The molecule has 0 radical (unpaired) electrons. The third kappa shape index (κ3) is 4.65. The molecule has 1 unspecified atom stereocenters. The Hall–Kier alpha value is -4.61. The molecule has 3 aromatic heterocycles. The molecule has 36 heavy (non-hydrogen) atoms. The average Bonchev–Trinajstić information content (AvgIpc) is 3.36. The number of carbonyl (C=O) groups is 1. The summed E-state index contributed by atoms with van der Waals surface area (Å²) in [6.07, 6.45) is 0.601. The number of benzene rings is 1. The molecule has 0 fully saturated rings. The van der Waals surface area contributed by atoms with Crippen molar-refractivity contribution < 1.29 is 18.0 Å². The number of nitrogens with zero attached hydrogens (tertiary/aromatic N) is 7. The SMILES string of the molecule is C=CN=C(N=C)C(C)N(Cc1ccc(C(F)(F)F)cn1)C(=O)c1ccc2nc(N)c3cncn3c2c1. The van der Waals surface area contributed by atoms with Gasteiger partial charge in [-0.3, -0.25) is 14.2 Å². The fraction of sp³-hybridized carbons (Fsp3) is 0.167.